The van der Waals surface area contributed by atoms with E-state index in [0.717, 1.165) is 14.5 Å². The van der Waals surface area contributed by atoms with Crippen LogP contribution in [0.15, 0.2) is 21.1 Å². The molecule has 0 unspecified atom stereocenters. The highest BCUT2D eigenvalue weighted by molar-refractivity contribution is 9.11. The lowest BCUT2D eigenvalue weighted by molar-refractivity contribution is -0.119. The standard InChI is InChI=1S/C11H11Br2ClN2O2/c1-6-4-7(12)10(8(13)5-6)16-11(18)15-9(17)2-3-14/h4-5H,2-3H2,1H3,(H2,15,16,17,18). The summed E-state index contributed by atoms with van der Waals surface area (Å²) in [7, 11) is 0. The van der Waals surface area contributed by atoms with Crippen molar-refractivity contribution < 1.29 is 9.59 Å². The van der Waals surface area contributed by atoms with Crippen LogP contribution < -0.4 is 10.6 Å². The number of alkyl halides is 1. The molecule has 0 aromatic heterocycles. The fraction of sp³-hybridized carbons (Fsp3) is 0.273. The molecule has 1 aromatic carbocycles. The minimum Gasteiger partial charge on any atom is -0.305 e. The molecule has 4 nitrogen and oxygen atoms in total. The van der Waals surface area contributed by atoms with Crippen LogP contribution in [-0.4, -0.2) is 17.8 Å². The molecular formula is C11H11Br2ClN2O2. The second-order valence-corrected chi connectivity index (χ2v) is 5.63. The molecule has 1 aromatic rings. The smallest absolute Gasteiger partial charge is 0.305 e. The molecule has 0 atom stereocenters. The van der Waals surface area contributed by atoms with Gasteiger partial charge in [0.25, 0.3) is 0 Å². The van der Waals surface area contributed by atoms with Crippen LogP contribution in [0.5, 0.6) is 0 Å². The van der Waals surface area contributed by atoms with Crippen molar-refractivity contribution in [1.82, 2.24) is 5.32 Å². The van der Waals surface area contributed by atoms with Gasteiger partial charge in [0.05, 0.1) is 5.69 Å². The van der Waals surface area contributed by atoms with E-state index in [1.165, 1.54) is 0 Å². The van der Waals surface area contributed by atoms with Crippen molar-refractivity contribution in [2.75, 3.05) is 11.2 Å². The van der Waals surface area contributed by atoms with Crippen LogP contribution in [0.1, 0.15) is 12.0 Å². The molecule has 3 amide bonds. The van der Waals surface area contributed by atoms with Crippen molar-refractivity contribution in [3.8, 4) is 0 Å². The lowest BCUT2D eigenvalue weighted by atomic mass is 10.2. The maximum absolute atomic E-state index is 11.6. The topological polar surface area (TPSA) is 58.2 Å². The Bertz CT molecular complexity index is 457. The Balaban J connectivity index is 2.73. The third-order valence-corrected chi connectivity index (χ3v) is 3.44. The van der Waals surface area contributed by atoms with E-state index < -0.39 is 11.9 Å². The van der Waals surface area contributed by atoms with Crippen molar-refractivity contribution in [2.24, 2.45) is 0 Å². The number of carbonyl (C=O) groups excluding carboxylic acids is 2. The number of aryl methyl sites for hydroxylation is 1. The summed E-state index contributed by atoms with van der Waals surface area (Å²) >= 11 is 12.1. The van der Waals surface area contributed by atoms with Crippen molar-refractivity contribution in [2.45, 2.75) is 13.3 Å². The van der Waals surface area contributed by atoms with Gasteiger partial charge in [-0.05, 0) is 56.5 Å². The van der Waals surface area contributed by atoms with Crippen molar-refractivity contribution in [3.63, 3.8) is 0 Å². The van der Waals surface area contributed by atoms with E-state index >= 15 is 0 Å². The molecule has 0 heterocycles. The lowest BCUT2D eigenvalue weighted by Crippen LogP contribution is -2.34. The summed E-state index contributed by atoms with van der Waals surface area (Å²) in [5.74, 6) is -0.237. The van der Waals surface area contributed by atoms with Gasteiger partial charge in [0.1, 0.15) is 0 Å². The van der Waals surface area contributed by atoms with E-state index in [2.05, 4.69) is 42.5 Å². The van der Waals surface area contributed by atoms with Gasteiger partial charge >= 0.3 is 6.03 Å². The number of urea groups is 1. The van der Waals surface area contributed by atoms with Gasteiger partial charge in [-0.2, -0.15) is 0 Å². The Morgan fingerprint density at radius 1 is 1.28 bits per heavy atom. The number of halogens is 3. The lowest BCUT2D eigenvalue weighted by Gasteiger charge is -2.11. The largest absolute Gasteiger partial charge is 0.325 e. The summed E-state index contributed by atoms with van der Waals surface area (Å²) in [6.07, 6.45) is 0.102. The Labute approximate surface area is 127 Å². The molecule has 98 valence electrons. The zero-order valence-corrected chi connectivity index (χ0v) is 13.4. The fourth-order valence-electron chi connectivity index (χ4n) is 1.24. The van der Waals surface area contributed by atoms with E-state index in [0.29, 0.717) is 5.69 Å². The summed E-state index contributed by atoms with van der Waals surface area (Å²) in [5, 5.41) is 4.77. The molecule has 0 saturated heterocycles. The average molecular weight is 398 g/mol. The van der Waals surface area contributed by atoms with E-state index in [1.54, 1.807) is 0 Å². The first-order valence-electron chi connectivity index (χ1n) is 5.06. The number of rotatable bonds is 3. The number of anilines is 1. The number of imide groups is 1. The molecular weight excluding hydrogens is 387 g/mol. The minimum atomic E-state index is -0.588. The summed E-state index contributed by atoms with van der Waals surface area (Å²) in [4.78, 5) is 22.7. The zero-order valence-electron chi connectivity index (χ0n) is 9.52. The number of nitrogens with one attached hydrogen (secondary N) is 2. The van der Waals surface area contributed by atoms with Gasteiger partial charge in [0.2, 0.25) is 5.91 Å². The van der Waals surface area contributed by atoms with Crippen molar-refractivity contribution in [3.05, 3.63) is 26.6 Å². The number of hydrogen-bond acceptors (Lipinski definition) is 2. The van der Waals surface area contributed by atoms with Gasteiger partial charge in [0, 0.05) is 21.2 Å². The van der Waals surface area contributed by atoms with E-state index in [9.17, 15) is 9.59 Å². The summed E-state index contributed by atoms with van der Waals surface area (Å²) in [5.41, 5.74) is 1.61. The van der Waals surface area contributed by atoms with Crippen LogP contribution in [0, 0.1) is 6.92 Å². The molecule has 0 aliphatic carbocycles. The first-order valence-corrected chi connectivity index (χ1v) is 7.18. The Morgan fingerprint density at radius 2 is 1.83 bits per heavy atom. The molecule has 0 aliphatic heterocycles. The second kappa shape index (κ2) is 7.11. The Hall–Kier alpha value is -0.590. The average Bonchev–Trinajstić information content (AvgIpc) is 2.23. The molecule has 0 spiro atoms. The van der Waals surface area contributed by atoms with Gasteiger partial charge in [-0.3, -0.25) is 10.1 Å². The van der Waals surface area contributed by atoms with Gasteiger partial charge in [-0.1, -0.05) is 0 Å². The number of carbonyl (C=O) groups is 2. The third kappa shape index (κ3) is 4.59. The molecule has 0 fully saturated rings. The van der Waals surface area contributed by atoms with Crippen LogP contribution in [0.2, 0.25) is 0 Å². The van der Waals surface area contributed by atoms with Gasteiger partial charge in [0.15, 0.2) is 0 Å². The van der Waals surface area contributed by atoms with Crippen LogP contribution >= 0.6 is 43.5 Å². The molecule has 1 rings (SSSR count). The highest BCUT2D eigenvalue weighted by Crippen LogP contribution is 2.32. The second-order valence-electron chi connectivity index (χ2n) is 3.54. The van der Waals surface area contributed by atoms with Gasteiger partial charge in [-0.15, -0.1) is 11.6 Å². The molecule has 0 saturated carbocycles. The van der Waals surface area contributed by atoms with Crippen LogP contribution in [-0.2, 0) is 4.79 Å². The SMILES string of the molecule is Cc1cc(Br)c(NC(=O)NC(=O)CCCl)c(Br)c1. The number of hydrogen-bond donors (Lipinski definition) is 2. The van der Waals surface area contributed by atoms with E-state index in [1.807, 2.05) is 19.1 Å². The number of benzene rings is 1. The summed E-state index contributed by atoms with van der Waals surface area (Å²) < 4.78 is 1.46. The maximum atomic E-state index is 11.6. The normalized spacial score (nSPS) is 10.0. The first kappa shape index (κ1) is 15.5. The molecule has 0 aliphatic rings. The van der Waals surface area contributed by atoms with Gasteiger partial charge < -0.3 is 5.32 Å². The van der Waals surface area contributed by atoms with Crippen molar-refractivity contribution >= 4 is 61.1 Å². The Kier molecular flexibility index (Phi) is 6.11. The van der Waals surface area contributed by atoms with E-state index in [4.69, 9.17) is 11.6 Å². The number of amides is 3. The molecule has 0 radical (unpaired) electrons. The molecule has 2 N–H and O–H groups in total. The monoisotopic (exact) mass is 396 g/mol. The summed E-state index contributed by atoms with van der Waals surface area (Å²) in [6, 6.07) is 3.14. The quantitative estimate of drug-likeness (QED) is 0.761. The zero-order chi connectivity index (χ0) is 13.7. The third-order valence-electron chi connectivity index (χ3n) is 2.00. The van der Waals surface area contributed by atoms with Gasteiger partial charge in [-0.25, -0.2) is 4.79 Å². The fourth-order valence-corrected chi connectivity index (χ4v) is 3.02. The van der Waals surface area contributed by atoms with E-state index in [-0.39, 0.29) is 12.3 Å². The highest BCUT2D eigenvalue weighted by Gasteiger charge is 2.12. The predicted octanol–water partition coefficient (Wildman–Crippen LogP) is 3.80. The first-order chi connectivity index (χ1) is 8.43. The molecule has 7 heteroatoms. The predicted molar refractivity (Wildman–Crippen MR) is 79.1 cm³/mol. The highest BCUT2D eigenvalue weighted by atomic mass is 79.9. The maximum Gasteiger partial charge on any atom is 0.325 e. The van der Waals surface area contributed by atoms with Crippen LogP contribution in [0.25, 0.3) is 0 Å². The minimum absolute atomic E-state index is 0.102. The summed E-state index contributed by atoms with van der Waals surface area (Å²) in [6.45, 7) is 1.93. The Morgan fingerprint density at radius 3 is 2.33 bits per heavy atom. The molecule has 18 heavy (non-hydrogen) atoms. The van der Waals surface area contributed by atoms with Crippen LogP contribution in [0.4, 0.5) is 10.5 Å². The van der Waals surface area contributed by atoms with Crippen molar-refractivity contribution in [1.29, 1.82) is 0 Å². The molecule has 0 bridgehead atoms. The van der Waals surface area contributed by atoms with Crippen LogP contribution in [0.3, 0.4) is 0 Å².